The van der Waals surface area contributed by atoms with Crippen molar-refractivity contribution in [1.29, 1.82) is 0 Å². The van der Waals surface area contributed by atoms with Crippen LogP contribution in [0.15, 0.2) is 0 Å². The zero-order valence-corrected chi connectivity index (χ0v) is 8.41. The van der Waals surface area contributed by atoms with E-state index < -0.39 is 0 Å². The molecular formula is C9H18ClN. The molecule has 1 aliphatic rings. The summed E-state index contributed by atoms with van der Waals surface area (Å²) in [6.07, 6.45) is 2.38. The van der Waals surface area contributed by atoms with Gasteiger partial charge in [0, 0.05) is 0 Å². The predicted octanol–water partition coefficient (Wildman–Crippen LogP) is 2.60. The van der Waals surface area contributed by atoms with E-state index in [1.54, 1.807) is 0 Å². The maximum Gasteiger partial charge on any atom is 0.0825 e. The normalized spacial score (nSPS) is 33.8. The highest BCUT2D eigenvalue weighted by Gasteiger charge is 2.28. The summed E-state index contributed by atoms with van der Waals surface area (Å²) in [6, 6.07) is 0. The third kappa shape index (κ3) is 2.64. The van der Waals surface area contributed by atoms with E-state index in [9.17, 15) is 0 Å². The first-order valence-electron chi connectivity index (χ1n) is 4.37. The van der Waals surface area contributed by atoms with Crippen LogP contribution in [0, 0.1) is 11.3 Å². The molecule has 1 heterocycles. The number of hydrogen-bond donors (Lipinski definition) is 1. The van der Waals surface area contributed by atoms with E-state index >= 15 is 0 Å². The molecule has 0 aliphatic carbocycles. The van der Waals surface area contributed by atoms with Crippen LogP contribution in [0.25, 0.3) is 0 Å². The summed E-state index contributed by atoms with van der Waals surface area (Å²) < 4.78 is 0. The van der Waals surface area contributed by atoms with Crippen molar-refractivity contribution >= 4 is 11.6 Å². The van der Waals surface area contributed by atoms with Gasteiger partial charge in [-0.15, -0.1) is 11.6 Å². The van der Waals surface area contributed by atoms with Gasteiger partial charge in [-0.25, -0.2) is 0 Å². The highest BCUT2D eigenvalue weighted by molar-refractivity contribution is 6.20. The lowest BCUT2D eigenvalue weighted by Crippen LogP contribution is -2.40. The van der Waals surface area contributed by atoms with Gasteiger partial charge in [-0.1, -0.05) is 20.8 Å². The molecule has 1 fully saturated rings. The van der Waals surface area contributed by atoms with Gasteiger partial charge in [-0.2, -0.15) is 0 Å². The van der Waals surface area contributed by atoms with Gasteiger partial charge in [-0.3, -0.25) is 0 Å². The Morgan fingerprint density at radius 1 is 1.27 bits per heavy atom. The molecule has 66 valence electrons. The molecule has 0 amide bonds. The van der Waals surface area contributed by atoms with Crippen LogP contribution in [0.4, 0.5) is 0 Å². The first-order chi connectivity index (χ1) is 5.00. The van der Waals surface area contributed by atoms with E-state index in [0.29, 0.717) is 5.41 Å². The van der Waals surface area contributed by atoms with Crippen LogP contribution in [-0.2, 0) is 0 Å². The molecular weight excluding hydrogens is 158 g/mol. The summed E-state index contributed by atoms with van der Waals surface area (Å²) >= 11 is 5.92. The summed E-state index contributed by atoms with van der Waals surface area (Å²) in [6.45, 7) is 7.98. The molecule has 0 aromatic heterocycles. The van der Waals surface area contributed by atoms with Gasteiger partial charge in [0.2, 0.25) is 0 Å². The second-order valence-corrected chi connectivity index (χ2v) is 5.04. The number of nitrogens with one attached hydrogen (secondary N) is 1. The Labute approximate surface area is 74.5 Å². The largest absolute Gasteiger partial charge is 0.301 e. The molecule has 11 heavy (non-hydrogen) atoms. The summed E-state index contributed by atoms with van der Waals surface area (Å²) in [4.78, 5) is 0. The van der Waals surface area contributed by atoms with E-state index in [0.717, 1.165) is 18.9 Å². The average molecular weight is 176 g/mol. The molecule has 1 rings (SSSR count). The maximum absolute atomic E-state index is 5.92. The highest BCUT2D eigenvalue weighted by atomic mass is 35.5. The molecule has 2 atom stereocenters. The number of piperidine rings is 1. The van der Waals surface area contributed by atoms with Gasteiger partial charge in [0.1, 0.15) is 0 Å². The van der Waals surface area contributed by atoms with Gasteiger partial charge in [0.15, 0.2) is 0 Å². The third-order valence-electron chi connectivity index (χ3n) is 2.58. The molecule has 0 bridgehead atoms. The Balaban J connectivity index is 2.39. The summed E-state index contributed by atoms with van der Waals surface area (Å²) in [7, 11) is 0. The first kappa shape index (κ1) is 9.34. The van der Waals surface area contributed by atoms with Crippen LogP contribution in [0.5, 0.6) is 0 Å². The molecule has 0 spiro atoms. The Morgan fingerprint density at radius 3 is 2.27 bits per heavy atom. The lowest BCUT2D eigenvalue weighted by atomic mass is 9.77. The topological polar surface area (TPSA) is 12.0 Å². The van der Waals surface area contributed by atoms with Crippen LogP contribution < -0.4 is 5.32 Å². The van der Waals surface area contributed by atoms with Crippen molar-refractivity contribution in [1.82, 2.24) is 5.32 Å². The number of hydrogen-bond acceptors (Lipinski definition) is 1. The van der Waals surface area contributed by atoms with Crippen molar-refractivity contribution in [2.45, 2.75) is 39.1 Å². The van der Waals surface area contributed by atoms with Gasteiger partial charge in [0.25, 0.3) is 0 Å². The van der Waals surface area contributed by atoms with E-state index in [1.807, 2.05) is 0 Å². The molecule has 1 aliphatic heterocycles. The van der Waals surface area contributed by atoms with Crippen LogP contribution >= 0.6 is 11.6 Å². The average Bonchev–Trinajstić information content (AvgIpc) is 1.86. The molecule has 0 aromatic carbocycles. The SMILES string of the molecule is CC(C)(C)C1CCC(Cl)NC1. The zero-order chi connectivity index (χ0) is 8.48. The van der Waals surface area contributed by atoms with Crippen LogP contribution in [-0.4, -0.2) is 12.0 Å². The minimum absolute atomic E-state index is 0.216. The lowest BCUT2D eigenvalue weighted by Gasteiger charge is -2.35. The van der Waals surface area contributed by atoms with E-state index in [4.69, 9.17) is 11.6 Å². The number of alkyl halides is 1. The molecule has 2 unspecified atom stereocenters. The van der Waals surface area contributed by atoms with Crippen molar-refractivity contribution in [3.05, 3.63) is 0 Å². The lowest BCUT2D eigenvalue weighted by molar-refractivity contribution is 0.187. The fourth-order valence-electron chi connectivity index (χ4n) is 1.56. The molecule has 0 radical (unpaired) electrons. The summed E-state index contributed by atoms with van der Waals surface area (Å²) in [5.41, 5.74) is 0.651. The van der Waals surface area contributed by atoms with Crippen molar-refractivity contribution in [3.63, 3.8) is 0 Å². The minimum atomic E-state index is 0.216. The van der Waals surface area contributed by atoms with Crippen molar-refractivity contribution in [3.8, 4) is 0 Å². The predicted molar refractivity (Wildman–Crippen MR) is 49.8 cm³/mol. The first-order valence-corrected chi connectivity index (χ1v) is 4.81. The van der Waals surface area contributed by atoms with Gasteiger partial charge in [-0.05, 0) is 30.7 Å². The van der Waals surface area contributed by atoms with Crippen LogP contribution in [0.3, 0.4) is 0 Å². The van der Waals surface area contributed by atoms with E-state index in [-0.39, 0.29) is 5.50 Å². The zero-order valence-electron chi connectivity index (χ0n) is 7.65. The van der Waals surface area contributed by atoms with Crippen LogP contribution in [0.1, 0.15) is 33.6 Å². The van der Waals surface area contributed by atoms with Gasteiger partial charge < -0.3 is 5.32 Å². The molecule has 1 N–H and O–H groups in total. The molecule has 1 saturated heterocycles. The van der Waals surface area contributed by atoms with E-state index in [1.165, 1.54) is 6.42 Å². The van der Waals surface area contributed by atoms with Gasteiger partial charge >= 0.3 is 0 Å². The smallest absolute Gasteiger partial charge is 0.0825 e. The number of rotatable bonds is 0. The molecule has 2 heteroatoms. The highest BCUT2D eigenvalue weighted by Crippen LogP contribution is 2.32. The Kier molecular flexibility index (Phi) is 2.82. The van der Waals surface area contributed by atoms with Gasteiger partial charge in [0.05, 0.1) is 5.50 Å². The summed E-state index contributed by atoms with van der Waals surface area (Å²) in [5, 5.41) is 3.30. The minimum Gasteiger partial charge on any atom is -0.301 e. The Morgan fingerprint density at radius 2 is 1.91 bits per heavy atom. The van der Waals surface area contributed by atoms with Crippen LogP contribution in [0.2, 0.25) is 0 Å². The third-order valence-corrected chi connectivity index (χ3v) is 2.95. The standard InChI is InChI=1S/C9H18ClN/c1-9(2,3)7-4-5-8(10)11-6-7/h7-8,11H,4-6H2,1-3H3. The molecule has 0 aromatic rings. The van der Waals surface area contributed by atoms with E-state index in [2.05, 4.69) is 26.1 Å². The van der Waals surface area contributed by atoms with Crippen molar-refractivity contribution in [2.24, 2.45) is 11.3 Å². The number of halogens is 1. The Hall–Kier alpha value is 0.250. The second-order valence-electron chi connectivity index (χ2n) is 4.52. The monoisotopic (exact) mass is 175 g/mol. The molecule has 1 nitrogen and oxygen atoms in total. The Bertz CT molecular complexity index is 120. The molecule has 0 saturated carbocycles. The summed E-state index contributed by atoms with van der Waals surface area (Å²) in [5.74, 6) is 0.789. The van der Waals surface area contributed by atoms with Crippen molar-refractivity contribution in [2.75, 3.05) is 6.54 Å². The fraction of sp³-hybridized carbons (Fsp3) is 1.00. The van der Waals surface area contributed by atoms with Crippen molar-refractivity contribution < 1.29 is 0 Å². The quantitative estimate of drug-likeness (QED) is 0.441. The second kappa shape index (κ2) is 3.32. The maximum atomic E-state index is 5.92. The fourth-order valence-corrected chi connectivity index (χ4v) is 1.78.